The standard InChI is InChI=1S/C12H6Cl2F3N3O2.C6H13NO/c13-5-1-2-8(7(14)3-5)19-11-18-4-6(10(21)22)9(20-11)12(15,16)17;7-5-6-1-3-8-4-2-6/h1-4H,(H,21,22)(H,18,19,20);6H,1-5,7H2. The van der Waals surface area contributed by atoms with E-state index in [1.807, 2.05) is 0 Å². The van der Waals surface area contributed by atoms with Crippen molar-refractivity contribution >= 4 is 40.8 Å². The molecule has 0 amide bonds. The molecule has 1 aromatic heterocycles. The van der Waals surface area contributed by atoms with Gasteiger partial charge in [-0.2, -0.15) is 13.2 Å². The van der Waals surface area contributed by atoms with E-state index >= 15 is 0 Å². The average molecular weight is 467 g/mol. The molecule has 2 heterocycles. The molecule has 1 fully saturated rings. The number of anilines is 2. The number of carbonyl (C=O) groups is 1. The van der Waals surface area contributed by atoms with Crippen LogP contribution in [0.2, 0.25) is 10.0 Å². The molecule has 0 atom stereocenters. The molecule has 0 saturated carbocycles. The Balaban J connectivity index is 0.000000335. The number of aromatic nitrogens is 2. The van der Waals surface area contributed by atoms with Crippen LogP contribution < -0.4 is 11.1 Å². The second-order valence-corrected chi connectivity index (χ2v) is 7.14. The topological polar surface area (TPSA) is 110 Å². The molecule has 1 aliphatic heterocycles. The molecular weight excluding hydrogens is 448 g/mol. The molecule has 30 heavy (non-hydrogen) atoms. The van der Waals surface area contributed by atoms with E-state index in [9.17, 15) is 18.0 Å². The molecular formula is C18H19Cl2F3N4O3. The minimum Gasteiger partial charge on any atom is -0.478 e. The number of nitrogens with two attached hydrogens (primary N) is 1. The number of rotatable bonds is 4. The Morgan fingerprint density at radius 2 is 1.97 bits per heavy atom. The quantitative estimate of drug-likeness (QED) is 0.602. The highest BCUT2D eigenvalue weighted by molar-refractivity contribution is 6.36. The van der Waals surface area contributed by atoms with Crippen molar-refractivity contribution < 1.29 is 27.8 Å². The number of nitrogens with zero attached hydrogens (tertiary/aromatic N) is 2. The summed E-state index contributed by atoms with van der Waals surface area (Å²) in [4.78, 5) is 17.5. The summed E-state index contributed by atoms with van der Waals surface area (Å²) in [6, 6.07) is 4.26. The molecule has 0 spiro atoms. The minimum absolute atomic E-state index is 0.145. The van der Waals surface area contributed by atoms with Crippen molar-refractivity contribution in [3.05, 3.63) is 45.7 Å². The van der Waals surface area contributed by atoms with Gasteiger partial charge in [-0.15, -0.1) is 0 Å². The first-order valence-corrected chi connectivity index (χ1v) is 9.54. The fraction of sp³-hybridized carbons (Fsp3) is 0.389. The van der Waals surface area contributed by atoms with Gasteiger partial charge in [0, 0.05) is 24.4 Å². The van der Waals surface area contributed by atoms with Crippen LogP contribution >= 0.6 is 23.2 Å². The number of carboxylic acid groups (broad SMARTS) is 1. The summed E-state index contributed by atoms with van der Waals surface area (Å²) in [7, 11) is 0. The Morgan fingerprint density at radius 3 is 2.47 bits per heavy atom. The number of aromatic carboxylic acids is 1. The minimum atomic E-state index is -4.93. The molecule has 7 nitrogen and oxygen atoms in total. The second kappa shape index (κ2) is 10.8. The number of carboxylic acids is 1. The Morgan fingerprint density at radius 1 is 1.30 bits per heavy atom. The van der Waals surface area contributed by atoms with Crippen LogP contribution in [0.25, 0.3) is 0 Å². The van der Waals surface area contributed by atoms with Crippen molar-refractivity contribution in [2.75, 3.05) is 25.1 Å². The molecule has 1 saturated heterocycles. The highest BCUT2D eigenvalue weighted by Gasteiger charge is 2.38. The number of halogens is 5. The van der Waals surface area contributed by atoms with Crippen LogP contribution in [0.4, 0.5) is 24.8 Å². The number of alkyl halides is 3. The zero-order chi connectivity index (χ0) is 22.3. The Labute approximate surface area is 180 Å². The van der Waals surface area contributed by atoms with Crippen LogP contribution in [-0.4, -0.2) is 40.8 Å². The largest absolute Gasteiger partial charge is 0.478 e. The van der Waals surface area contributed by atoms with Crippen molar-refractivity contribution in [3.63, 3.8) is 0 Å². The molecule has 164 valence electrons. The van der Waals surface area contributed by atoms with Crippen molar-refractivity contribution in [3.8, 4) is 0 Å². The third kappa shape index (κ3) is 6.98. The van der Waals surface area contributed by atoms with E-state index in [0.717, 1.165) is 38.5 Å². The third-order valence-electron chi connectivity index (χ3n) is 4.14. The Bertz CT molecular complexity index is 878. The van der Waals surface area contributed by atoms with Gasteiger partial charge < -0.3 is 20.9 Å². The van der Waals surface area contributed by atoms with Gasteiger partial charge in [0.15, 0.2) is 5.69 Å². The van der Waals surface area contributed by atoms with E-state index in [1.54, 1.807) is 0 Å². The Kier molecular flexibility index (Phi) is 8.65. The van der Waals surface area contributed by atoms with Gasteiger partial charge in [0.2, 0.25) is 5.95 Å². The van der Waals surface area contributed by atoms with E-state index in [0.29, 0.717) is 11.2 Å². The van der Waals surface area contributed by atoms with Crippen LogP contribution in [-0.2, 0) is 10.9 Å². The number of ether oxygens (including phenoxy) is 1. The predicted octanol–water partition coefficient (Wildman–Crippen LogP) is 4.62. The number of hydrogen-bond acceptors (Lipinski definition) is 6. The fourth-order valence-corrected chi connectivity index (χ4v) is 2.96. The van der Waals surface area contributed by atoms with Crippen LogP contribution in [0.3, 0.4) is 0 Å². The highest BCUT2D eigenvalue weighted by Crippen LogP contribution is 2.32. The first kappa shape index (κ1) is 24.1. The lowest BCUT2D eigenvalue weighted by Crippen LogP contribution is -2.22. The number of benzene rings is 1. The first-order valence-electron chi connectivity index (χ1n) is 8.79. The van der Waals surface area contributed by atoms with Crippen LogP contribution in [0.5, 0.6) is 0 Å². The normalized spacial score (nSPS) is 14.6. The number of hydrogen-bond donors (Lipinski definition) is 3. The summed E-state index contributed by atoms with van der Waals surface area (Å²) < 4.78 is 43.7. The molecule has 0 bridgehead atoms. The van der Waals surface area contributed by atoms with Gasteiger partial charge in [-0.05, 0) is 43.5 Å². The summed E-state index contributed by atoms with van der Waals surface area (Å²) in [5.41, 5.74) is 3.08. The number of nitrogens with one attached hydrogen (secondary N) is 1. The Hall–Kier alpha value is -2.14. The van der Waals surface area contributed by atoms with E-state index < -0.39 is 29.4 Å². The van der Waals surface area contributed by atoms with E-state index in [4.69, 9.17) is 38.8 Å². The highest BCUT2D eigenvalue weighted by atomic mass is 35.5. The van der Waals surface area contributed by atoms with E-state index in [2.05, 4.69) is 15.3 Å². The van der Waals surface area contributed by atoms with Crippen molar-refractivity contribution in [2.45, 2.75) is 19.0 Å². The molecule has 1 aromatic carbocycles. The monoisotopic (exact) mass is 466 g/mol. The zero-order valence-corrected chi connectivity index (χ0v) is 17.1. The van der Waals surface area contributed by atoms with E-state index in [-0.39, 0.29) is 10.7 Å². The lowest BCUT2D eigenvalue weighted by atomic mass is 10.0. The molecule has 0 aliphatic carbocycles. The fourth-order valence-electron chi connectivity index (χ4n) is 2.51. The molecule has 0 unspecified atom stereocenters. The van der Waals surface area contributed by atoms with E-state index in [1.165, 1.54) is 18.2 Å². The lowest BCUT2D eigenvalue weighted by Gasteiger charge is -2.19. The van der Waals surface area contributed by atoms with Crippen LogP contribution in [0, 0.1) is 5.92 Å². The van der Waals surface area contributed by atoms with Gasteiger partial charge in [-0.25, -0.2) is 14.8 Å². The van der Waals surface area contributed by atoms with Gasteiger partial charge in [-0.1, -0.05) is 23.2 Å². The van der Waals surface area contributed by atoms with Crippen molar-refractivity contribution in [1.29, 1.82) is 0 Å². The molecule has 0 radical (unpaired) electrons. The van der Waals surface area contributed by atoms with Gasteiger partial charge in [0.1, 0.15) is 5.56 Å². The van der Waals surface area contributed by atoms with Gasteiger partial charge >= 0.3 is 12.1 Å². The first-order chi connectivity index (χ1) is 14.1. The zero-order valence-electron chi connectivity index (χ0n) is 15.5. The molecule has 12 heteroatoms. The predicted molar refractivity (Wildman–Crippen MR) is 106 cm³/mol. The summed E-state index contributed by atoms with van der Waals surface area (Å²) >= 11 is 11.6. The molecule has 2 aromatic rings. The summed E-state index contributed by atoms with van der Waals surface area (Å²) in [6.07, 6.45) is -2.03. The van der Waals surface area contributed by atoms with Crippen LogP contribution in [0.1, 0.15) is 28.9 Å². The maximum atomic E-state index is 12.8. The smallest absolute Gasteiger partial charge is 0.434 e. The van der Waals surface area contributed by atoms with Crippen LogP contribution in [0.15, 0.2) is 24.4 Å². The summed E-state index contributed by atoms with van der Waals surface area (Å²) in [5.74, 6) is -1.48. The van der Waals surface area contributed by atoms with Gasteiger partial charge in [0.25, 0.3) is 0 Å². The van der Waals surface area contributed by atoms with Gasteiger partial charge in [-0.3, -0.25) is 0 Å². The van der Waals surface area contributed by atoms with Crippen molar-refractivity contribution in [2.24, 2.45) is 11.7 Å². The molecule has 4 N–H and O–H groups in total. The molecule has 1 aliphatic rings. The maximum absolute atomic E-state index is 12.8. The second-order valence-electron chi connectivity index (χ2n) is 6.30. The SMILES string of the molecule is NCC1CCOCC1.O=C(O)c1cnc(Nc2ccc(Cl)cc2Cl)nc1C(F)(F)F. The average Bonchev–Trinajstić information content (AvgIpc) is 2.70. The molecule has 3 rings (SSSR count). The summed E-state index contributed by atoms with van der Waals surface area (Å²) in [6.45, 7) is 2.67. The third-order valence-corrected chi connectivity index (χ3v) is 4.69. The van der Waals surface area contributed by atoms with Gasteiger partial charge in [0.05, 0.1) is 10.7 Å². The lowest BCUT2D eigenvalue weighted by molar-refractivity contribution is -0.141. The summed E-state index contributed by atoms with van der Waals surface area (Å²) in [5, 5.41) is 11.7. The van der Waals surface area contributed by atoms with Crippen molar-refractivity contribution in [1.82, 2.24) is 9.97 Å². The maximum Gasteiger partial charge on any atom is 0.434 e.